The van der Waals surface area contributed by atoms with Crippen LogP contribution in [0, 0.1) is 0 Å². The monoisotopic (exact) mass is 629 g/mol. The van der Waals surface area contributed by atoms with Crippen molar-refractivity contribution in [1.82, 2.24) is 4.57 Å². The van der Waals surface area contributed by atoms with Crippen LogP contribution in [0.1, 0.15) is 42.4 Å². The summed E-state index contributed by atoms with van der Waals surface area (Å²) in [6, 6.07) is 38.1. The summed E-state index contributed by atoms with van der Waals surface area (Å²) in [6.45, 7) is 0. The van der Waals surface area contributed by atoms with E-state index in [9.17, 15) is 0 Å². The molecule has 1 aliphatic heterocycles. The fourth-order valence-corrected chi connectivity index (χ4v) is 7.98. The zero-order valence-electron chi connectivity index (χ0n) is 27.3. The van der Waals surface area contributed by atoms with E-state index < -0.39 is 0 Å². The van der Waals surface area contributed by atoms with Crippen molar-refractivity contribution in [2.24, 2.45) is 9.98 Å². The largest absolute Gasteiger partial charge is 0.293 e. The molecule has 0 amide bonds. The maximum atomic E-state index is 5.45. The zero-order chi connectivity index (χ0) is 32.3. The summed E-state index contributed by atoms with van der Waals surface area (Å²) in [5.74, 6) is 0. The Kier molecular flexibility index (Phi) is 6.58. The Balaban J connectivity index is 1.11. The fourth-order valence-electron chi connectivity index (χ4n) is 7.98. The van der Waals surface area contributed by atoms with Crippen LogP contribution in [0.5, 0.6) is 0 Å². The van der Waals surface area contributed by atoms with Crippen molar-refractivity contribution >= 4 is 39.0 Å². The molecule has 0 saturated carbocycles. The first-order chi connectivity index (χ1) is 24.2. The number of fused-ring (bicyclic) bond motifs is 6. The number of aryl methyl sites for hydroxylation is 1. The summed E-state index contributed by atoms with van der Waals surface area (Å²) in [7, 11) is 0. The molecule has 3 nitrogen and oxygen atoms in total. The third-order valence-electron chi connectivity index (χ3n) is 10.5. The molecule has 1 atom stereocenters. The third kappa shape index (κ3) is 4.88. The van der Waals surface area contributed by atoms with Gasteiger partial charge in [-0.3, -0.25) is 9.56 Å². The molecule has 3 heteroatoms. The van der Waals surface area contributed by atoms with Crippen LogP contribution in [0.15, 0.2) is 155 Å². The van der Waals surface area contributed by atoms with E-state index in [1.807, 2.05) is 0 Å². The number of allylic oxidation sites excluding steroid dienone is 7. The Labute approximate surface area is 286 Å². The van der Waals surface area contributed by atoms with Crippen LogP contribution < -0.4 is 10.8 Å². The number of hydrogen-bond acceptors (Lipinski definition) is 2. The van der Waals surface area contributed by atoms with Gasteiger partial charge in [-0.15, -0.1) is 0 Å². The van der Waals surface area contributed by atoms with Gasteiger partial charge in [0.15, 0.2) is 5.49 Å². The predicted octanol–water partition coefficient (Wildman–Crippen LogP) is 10.3. The van der Waals surface area contributed by atoms with Gasteiger partial charge in [-0.1, -0.05) is 97.1 Å². The van der Waals surface area contributed by atoms with E-state index in [1.165, 1.54) is 66.4 Å². The number of benzene rings is 5. The Morgan fingerprint density at radius 1 is 0.633 bits per heavy atom. The standard InChI is InChI=1S/C46H35N3/c1-2-14-40(15-3-1)49-44-17-9-8-16-41(44)45-46(49)48-42-23-22-36(29-43(42)47-45)39-27-37(34-20-18-30-10-4-6-12-32(30)24-34)26-38(28-39)35-21-19-31-11-5-7-13-33(31)25-35/h2,4,6-10,12-28,43H,1,3,5,11,29H2. The van der Waals surface area contributed by atoms with Crippen molar-refractivity contribution in [1.29, 1.82) is 0 Å². The summed E-state index contributed by atoms with van der Waals surface area (Å²) in [4.78, 5) is 10.8. The van der Waals surface area contributed by atoms with Crippen LogP contribution in [0.2, 0.25) is 0 Å². The van der Waals surface area contributed by atoms with E-state index >= 15 is 0 Å². The van der Waals surface area contributed by atoms with Gasteiger partial charge in [0.1, 0.15) is 5.36 Å². The molecule has 1 aromatic heterocycles. The first kappa shape index (κ1) is 28.2. The topological polar surface area (TPSA) is 29.6 Å². The first-order valence-electron chi connectivity index (χ1n) is 17.5. The van der Waals surface area contributed by atoms with E-state index in [4.69, 9.17) is 9.98 Å². The smallest absolute Gasteiger partial charge is 0.164 e. The highest BCUT2D eigenvalue weighted by Gasteiger charge is 2.25. The summed E-state index contributed by atoms with van der Waals surface area (Å²) < 4.78 is 2.30. The minimum Gasteiger partial charge on any atom is -0.293 e. The summed E-state index contributed by atoms with van der Waals surface area (Å²) >= 11 is 0. The van der Waals surface area contributed by atoms with Gasteiger partial charge in [-0.2, -0.15) is 0 Å². The molecule has 2 heterocycles. The van der Waals surface area contributed by atoms with Gasteiger partial charge < -0.3 is 0 Å². The second kappa shape index (κ2) is 11.4. The molecular formula is C46H35N3. The van der Waals surface area contributed by atoms with E-state index in [-0.39, 0.29) is 6.04 Å². The van der Waals surface area contributed by atoms with Crippen LogP contribution in [0.3, 0.4) is 0 Å². The van der Waals surface area contributed by atoms with Crippen LogP contribution in [0.4, 0.5) is 0 Å². The van der Waals surface area contributed by atoms with Crippen molar-refractivity contribution in [2.45, 2.75) is 38.1 Å². The van der Waals surface area contributed by atoms with Crippen LogP contribution >= 0.6 is 0 Å². The summed E-state index contributed by atoms with van der Waals surface area (Å²) in [6.07, 6.45) is 21.0. The molecule has 0 fully saturated rings. The number of rotatable bonds is 4. The quantitative estimate of drug-likeness (QED) is 0.186. The lowest BCUT2D eigenvalue weighted by molar-refractivity contribution is 0.716. The average molecular weight is 630 g/mol. The van der Waals surface area contributed by atoms with Gasteiger partial charge in [-0.05, 0) is 130 Å². The Morgan fingerprint density at radius 2 is 1.43 bits per heavy atom. The highest BCUT2D eigenvalue weighted by Crippen LogP contribution is 2.37. The first-order valence-corrected chi connectivity index (χ1v) is 17.5. The lowest BCUT2D eigenvalue weighted by Crippen LogP contribution is -2.36. The molecule has 0 saturated heterocycles. The lowest BCUT2D eigenvalue weighted by Gasteiger charge is -2.23. The van der Waals surface area contributed by atoms with Gasteiger partial charge in [0.25, 0.3) is 0 Å². The van der Waals surface area contributed by atoms with E-state index in [0.29, 0.717) is 0 Å². The predicted molar refractivity (Wildman–Crippen MR) is 204 cm³/mol. The number of hydrogen-bond donors (Lipinski definition) is 0. The Morgan fingerprint density at radius 3 is 2.33 bits per heavy atom. The maximum Gasteiger partial charge on any atom is 0.164 e. The normalized spacial score (nSPS) is 17.7. The van der Waals surface area contributed by atoms with Crippen molar-refractivity contribution in [3.63, 3.8) is 0 Å². The molecule has 234 valence electrons. The summed E-state index contributed by atoms with van der Waals surface area (Å²) in [5.41, 5.74) is 14.6. The van der Waals surface area contributed by atoms with Gasteiger partial charge in [0.2, 0.25) is 0 Å². The number of nitrogens with zero attached hydrogens (tertiary/aromatic N) is 3. The number of aromatic nitrogens is 1. The molecular weight excluding hydrogens is 595 g/mol. The zero-order valence-corrected chi connectivity index (χ0v) is 27.3. The van der Waals surface area contributed by atoms with Crippen LogP contribution in [-0.2, 0) is 6.42 Å². The van der Waals surface area contributed by atoms with Gasteiger partial charge in [0, 0.05) is 17.5 Å². The summed E-state index contributed by atoms with van der Waals surface area (Å²) in [5, 5.41) is 4.69. The number of para-hydroxylation sites is 1. The second-order valence-electron chi connectivity index (χ2n) is 13.6. The molecule has 0 spiro atoms. The Bertz CT molecular complexity index is 2640. The molecule has 6 aromatic rings. The second-order valence-corrected chi connectivity index (χ2v) is 13.6. The Hall–Kier alpha value is -5.80. The van der Waals surface area contributed by atoms with Crippen molar-refractivity contribution in [3.8, 4) is 22.3 Å². The SMILES string of the molecule is C1=CC(n2c3c(c4ccccc42)=NC2CC(c4cc(-c5ccc6c(c5)C=CCC6)cc(-c5ccc6ccccc6c5)c4)=CC=C2N=3)=CCC1. The van der Waals surface area contributed by atoms with Crippen molar-refractivity contribution in [3.05, 3.63) is 173 Å². The van der Waals surface area contributed by atoms with E-state index in [0.717, 1.165) is 54.2 Å². The van der Waals surface area contributed by atoms with Gasteiger partial charge in [0.05, 0.1) is 17.3 Å². The molecule has 0 bridgehead atoms. The van der Waals surface area contributed by atoms with Gasteiger partial charge >= 0.3 is 0 Å². The molecule has 5 aromatic carbocycles. The van der Waals surface area contributed by atoms with E-state index in [1.54, 1.807) is 0 Å². The molecule has 3 aliphatic carbocycles. The molecule has 1 unspecified atom stereocenters. The highest BCUT2D eigenvalue weighted by atomic mass is 15.1. The molecule has 0 N–H and O–H groups in total. The molecule has 4 aliphatic rings. The van der Waals surface area contributed by atoms with Crippen molar-refractivity contribution < 1.29 is 0 Å². The lowest BCUT2D eigenvalue weighted by atomic mass is 9.87. The maximum absolute atomic E-state index is 5.45. The van der Waals surface area contributed by atoms with E-state index in [2.05, 4.69) is 150 Å². The highest BCUT2D eigenvalue weighted by molar-refractivity contribution is 5.90. The third-order valence-corrected chi connectivity index (χ3v) is 10.5. The minimum atomic E-state index is -0.0238. The fraction of sp³-hybridized carbons (Fsp3) is 0.130. The average Bonchev–Trinajstić information content (AvgIpc) is 3.49. The van der Waals surface area contributed by atoms with Crippen LogP contribution in [0.25, 0.3) is 61.3 Å². The molecule has 49 heavy (non-hydrogen) atoms. The minimum absolute atomic E-state index is 0.0238. The van der Waals surface area contributed by atoms with Gasteiger partial charge in [-0.25, -0.2) is 4.99 Å². The van der Waals surface area contributed by atoms with Crippen LogP contribution in [-0.4, -0.2) is 10.6 Å². The molecule has 0 radical (unpaired) electrons. The van der Waals surface area contributed by atoms with Crippen molar-refractivity contribution in [2.75, 3.05) is 0 Å². The molecule has 10 rings (SSSR count).